The molecule has 0 spiro atoms. The molecule has 0 N–H and O–H groups in total. The zero-order chi connectivity index (χ0) is 9.72. The Morgan fingerprint density at radius 2 is 1.92 bits per heavy atom. The number of nitrogens with zero attached hydrogens (tertiary/aromatic N) is 1. The van der Waals surface area contributed by atoms with Crippen molar-refractivity contribution in [2.45, 2.75) is 40.7 Å². The van der Waals surface area contributed by atoms with Gasteiger partial charge in [-0.3, -0.25) is 4.90 Å². The van der Waals surface area contributed by atoms with E-state index in [9.17, 15) is 0 Å². The Morgan fingerprint density at radius 1 is 1.42 bits per heavy atom. The van der Waals surface area contributed by atoms with Crippen LogP contribution in [0.2, 0.25) is 0 Å². The smallest absolute Gasteiger partial charge is 0.0282 e. The van der Waals surface area contributed by atoms with E-state index in [1.165, 1.54) is 0 Å². The van der Waals surface area contributed by atoms with Crippen LogP contribution in [0, 0.1) is 5.92 Å². The molecule has 1 unspecified atom stereocenters. The maximum Gasteiger partial charge on any atom is 0.0282 e. The van der Waals surface area contributed by atoms with Crippen LogP contribution in [0.1, 0.15) is 34.6 Å². The molecular formula is C11H23N. The molecule has 0 fully saturated rings. The summed E-state index contributed by atoms with van der Waals surface area (Å²) in [5.74, 6) is 0.722. The normalized spacial score (nSPS) is 23.6. The second-order valence-electron chi connectivity index (χ2n) is 3.47. The SMILES string of the molecule is CC.CC(C)C1=CCN(C)C1C. The topological polar surface area (TPSA) is 3.24 Å². The summed E-state index contributed by atoms with van der Waals surface area (Å²) < 4.78 is 0. The molecule has 0 amide bonds. The molecule has 0 radical (unpaired) electrons. The Balaban J connectivity index is 0.000000561. The van der Waals surface area contributed by atoms with Crippen molar-refractivity contribution in [1.82, 2.24) is 4.90 Å². The minimum absolute atomic E-state index is 0.667. The van der Waals surface area contributed by atoms with Crippen LogP contribution >= 0.6 is 0 Å². The summed E-state index contributed by atoms with van der Waals surface area (Å²) >= 11 is 0. The maximum absolute atomic E-state index is 2.37. The molecule has 0 saturated carbocycles. The van der Waals surface area contributed by atoms with E-state index in [-0.39, 0.29) is 0 Å². The zero-order valence-electron chi connectivity index (χ0n) is 9.39. The molecule has 0 bridgehead atoms. The highest BCUT2D eigenvalue weighted by atomic mass is 15.1. The molecule has 1 nitrogen and oxygen atoms in total. The first-order valence-corrected chi connectivity index (χ1v) is 5.03. The molecular weight excluding hydrogens is 146 g/mol. The zero-order valence-corrected chi connectivity index (χ0v) is 9.39. The van der Waals surface area contributed by atoms with Gasteiger partial charge < -0.3 is 0 Å². The lowest BCUT2D eigenvalue weighted by molar-refractivity contribution is 0.333. The second-order valence-corrected chi connectivity index (χ2v) is 3.47. The molecule has 1 aliphatic rings. The van der Waals surface area contributed by atoms with Gasteiger partial charge in [0.25, 0.3) is 0 Å². The summed E-state index contributed by atoms with van der Waals surface area (Å²) in [6.07, 6.45) is 2.36. The van der Waals surface area contributed by atoms with Crippen molar-refractivity contribution in [3.63, 3.8) is 0 Å². The molecule has 72 valence electrons. The van der Waals surface area contributed by atoms with E-state index < -0.39 is 0 Å². The van der Waals surface area contributed by atoms with Gasteiger partial charge in [0.15, 0.2) is 0 Å². The fourth-order valence-corrected chi connectivity index (χ4v) is 1.55. The lowest BCUT2D eigenvalue weighted by atomic mass is 9.99. The van der Waals surface area contributed by atoms with Gasteiger partial charge in [-0.15, -0.1) is 0 Å². The number of hydrogen-bond donors (Lipinski definition) is 0. The first kappa shape index (κ1) is 11.7. The van der Waals surface area contributed by atoms with E-state index in [4.69, 9.17) is 0 Å². The molecule has 0 aromatic heterocycles. The van der Waals surface area contributed by atoms with Crippen molar-refractivity contribution in [1.29, 1.82) is 0 Å². The summed E-state index contributed by atoms with van der Waals surface area (Å²) in [6.45, 7) is 11.9. The Labute approximate surface area is 77.5 Å². The maximum atomic E-state index is 2.37. The predicted octanol–water partition coefficient (Wildman–Crippen LogP) is 2.93. The summed E-state index contributed by atoms with van der Waals surface area (Å²) in [5, 5.41) is 0. The van der Waals surface area contributed by atoms with Gasteiger partial charge >= 0.3 is 0 Å². The van der Waals surface area contributed by atoms with Crippen LogP contribution in [0.4, 0.5) is 0 Å². The van der Waals surface area contributed by atoms with Crippen LogP contribution in [0.25, 0.3) is 0 Å². The largest absolute Gasteiger partial charge is 0.296 e. The molecule has 0 aliphatic carbocycles. The van der Waals surface area contributed by atoms with Crippen LogP contribution in [-0.2, 0) is 0 Å². The quantitative estimate of drug-likeness (QED) is 0.546. The summed E-state index contributed by atoms with van der Waals surface area (Å²) in [7, 11) is 2.18. The highest BCUT2D eigenvalue weighted by Gasteiger charge is 2.20. The molecule has 0 saturated heterocycles. The molecule has 1 aliphatic heterocycles. The van der Waals surface area contributed by atoms with Gasteiger partial charge in [-0.2, -0.15) is 0 Å². The molecule has 1 heteroatoms. The van der Waals surface area contributed by atoms with Crippen molar-refractivity contribution in [3.8, 4) is 0 Å². The van der Waals surface area contributed by atoms with Gasteiger partial charge in [0, 0.05) is 12.6 Å². The highest BCUT2D eigenvalue weighted by Crippen LogP contribution is 2.22. The standard InChI is InChI=1S/C9H17N.C2H6/c1-7(2)9-5-6-10(4)8(9)3;1-2/h5,7-8H,6H2,1-4H3;1-2H3. The third kappa shape index (κ3) is 2.63. The van der Waals surface area contributed by atoms with Crippen LogP contribution in [0.5, 0.6) is 0 Å². The van der Waals surface area contributed by atoms with Gasteiger partial charge in [0.2, 0.25) is 0 Å². The van der Waals surface area contributed by atoms with Gasteiger partial charge in [-0.1, -0.05) is 39.3 Å². The van der Waals surface area contributed by atoms with E-state index in [0.717, 1.165) is 12.5 Å². The third-order valence-corrected chi connectivity index (χ3v) is 2.43. The van der Waals surface area contributed by atoms with Crippen molar-refractivity contribution < 1.29 is 0 Å². The average Bonchev–Trinajstić information content (AvgIpc) is 2.37. The van der Waals surface area contributed by atoms with Gasteiger partial charge in [0.05, 0.1) is 0 Å². The first-order valence-electron chi connectivity index (χ1n) is 5.03. The van der Waals surface area contributed by atoms with Crippen molar-refractivity contribution in [2.75, 3.05) is 13.6 Å². The average molecular weight is 169 g/mol. The Morgan fingerprint density at radius 3 is 2.08 bits per heavy atom. The number of hydrogen-bond acceptors (Lipinski definition) is 1. The summed E-state index contributed by atoms with van der Waals surface area (Å²) in [4.78, 5) is 2.37. The van der Waals surface area contributed by atoms with Crippen LogP contribution in [0.15, 0.2) is 11.6 Å². The van der Waals surface area contributed by atoms with Gasteiger partial charge in [-0.05, 0) is 19.9 Å². The molecule has 1 rings (SSSR count). The van der Waals surface area contributed by atoms with Crippen molar-refractivity contribution in [3.05, 3.63) is 11.6 Å². The van der Waals surface area contributed by atoms with Crippen LogP contribution in [0.3, 0.4) is 0 Å². The molecule has 1 atom stereocenters. The van der Waals surface area contributed by atoms with E-state index in [0.29, 0.717) is 6.04 Å². The lowest BCUT2D eigenvalue weighted by Crippen LogP contribution is -2.25. The van der Waals surface area contributed by atoms with Crippen LogP contribution < -0.4 is 0 Å². The minimum Gasteiger partial charge on any atom is -0.296 e. The first-order chi connectivity index (χ1) is 5.63. The van der Waals surface area contributed by atoms with E-state index in [1.807, 2.05) is 13.8 Å². The summed E-state index contributed by atoms with van der Waals surface area (Å²) in [5.41, 5.74) is 1.60. The highest BCUT2D eigenvalue weighted by molar-refractivity contribution is 5.18. The molecule has 0 aromatic carbocycles. The van der Waals surface area contributed by atoms with Crippen LogP contribution in [-0.4, -0.2) is 24.5 Å². The van der Waals surface area contributed by atoms with E-state index in [2.05, 4.69) is 38.8 Å². The number of likely N-dealkylation sites (N-methyl/N-ethyl adjacent to an activating group) is 1. The van der Waals surface area contributed by atoms with Gasteiger partial charge in [-0.25, -0.2) is 0 Å². The van der Waals surface area contributed by atoms with Crippen molar-refractivity contribution in [2.24, 2.45) is 5.92 Å². The lowest BCUT2D eigenvalue weighted by Gasteiger charge is -2.20. The van der Waals surface area contributed by atoms with E-state index >= 15 is 0 Å². The van der Waals surface area contributed by atoms with Gasteiger partial charge in [0.1, 0.15) is 0 Å². The third-order valence-electron chi connectivity index (χ3n) is 2.43. The predicted molar refractivity (Wildman–Crippen MR) is 56.4 cm³/mol. The molecule has 12 heavy (non-hydrogen) atoms. The number of rotatable bonds is 1. The van der Waals surface area contributed by atoms with E-state index in [1.54, 1.807) is 5.57 Å². The minimum atomic E-state index is 0.667. The second kappa shape index (κ2) is 5.36. The Hall–Kier alpha value is -0.300. The Bertz CT molecular complexity index is 147. The summed E-state index contributed by atoms with van der Waals surface area (Å²) in [6, 6.07) is 0.667. The fourth-order valence-electron chi connectivity index (χ4n) is 1.55. The monoisotopic (exact) mass is 169 g/mol. The fraction of sp³-hybridized carbons (Fsp3) is 0.818. The molecule has 1 heterocycles. The molecule has 0 aromatic rings. The van der Waals surface area contributed by atoms with Crippen molar-refractivity contribution >= 4 is 0 Å². The Kier molecular flexibility index (Phi) is 5.23.